The molecule has 1 heterocycles. The van der Waals surface area contributed by atoms with E-state index < -0.39 is 0 Å². The van der Waals surface area contributed by atoms with Crippen LogP contribution in [0.1, 0.15) is 21.7 Å². The van der Waals surface area contributed by atoms with Crippen LogP contribution in [0.5, 0.6) is 11.5 Å². The molecule has 178 valence electrons. The molecule has 0 radical (unpaired) electrons. The van der Waals surface area contributed by atoms with Gasteiger partial charge in [0.05, 0.1) is 19.9 Å². The summed E-state index contributed by atoms with van der Waals surface area (Å²) in [6.07, 6.45) is 1.59. The van der Waals surface area contributed by atoms with Crippen molar-refractivity contribution < 1.29 is 23.5 Å². The first-order valence-electron chi connectivity index (χ1n) is 11.1. The fourth-order valence-corrected chi connectivity index (χ4v) is 3.52. The lowest BCUT2D eigenvalue weighted by atomic mass is 10.1. The van der Waals surface area contributed by atoms with Crippen molar-refractivity contribution in [1.82, 2.24) is 4.90 Å². The molecule has 4 aromatic rings. The molecule has 4 rings (SSSR count). The Kier molecular flexibility index (Phi) is 7.81. The summed E-state index contributed by atoms with van der Waals surface area (Å²) in [5, 5.41) is 2.76. The van der Waals surface area contributed by atoms with Crippen LogP contribution in [-0.4, -0.2) is 30.4 Å². The minimum atomic E-state index is -0.300. The Balaban J connectivity index is 1.37. The topological polar surface area (TPSA) is 81.0 Å². The van der Waals surface area contributed by atoms with Crippen LogP contribution < -0.4 is 14.8 Å². The Labute approximate surface area is 203 Å². The van der Waals surface area contributed by atoms with E-state index >= 15 is 0 Å². The molecule has 0 aliphatic carbocycles. The molecule has 0 fully saturated rings. The van der Waals surface area contributed by atoms with Crippen LogP contribution in [0, 0.1) is 0 Å². The second kappa shape index (κ2) is 11.6. The van der Waals surface area contributed by atoms with Crippen molar-refractivity contribution in [1.29, 1.82) is 0 Å². The molecular weight excluding hydrogens is 444 g/mol. The minimum absolute atomic E-state index is 0.132. The van der Waals surface area contributed by atoms with Gasteiger partial charge in [0, 0.05) is 23.9 Å². The van der Waals surface area contributed by atoms with Crippen LogP contribution in [0.25, 0.3) is 0 Å². The molecule has 0 atom stereocenters. The van der Waals surface area contributed by atoms with Gasteiger partial charge in [-0.3, -0.25) is 9.59 Å². The van der Waals surface area contributed by atoms with E-state index in [4.69, 9.17) is 13.9 Å². The van der Waals surface area contributed by atoms with Crippen LogP contribution in [-0.2, 0) is 17.9 Å². The van der Waals surface area contributed by atoms with Gasteiger partial charge in [-0.05, 0) is 54.1 Å². The van der Waals surface area contributed by atoms with Crippen molar-refractivity contribution >= 4 is 17.5 Å². The van der Waals surface area contributed by atoms with Gasteiger partial charge in [0.15, 0.2) is 6.61 Å². The van der Waals surface area contributed by atoms with Crippen LogP contribution in [0.2, 0.25) is 0 Å². The van der Waals surface area contributed by atoms with Crippen molar-refractivity contribution in [3.05, 3.63) is 114 Å². The SMILES string of the molecule is COc1cccc(NC(=O)COc2ccc(C(=O)N(Cc3ccccc3)Cc3ccco3)cc2)c1. The molecule has 0 bridgehead atoms. The van der Waals surface area contributed by atoms with Crippen molar-refractivity contribution in [3.8, 4) is 11.5 Å². The number of carbonyl (C=O) groups excluding carboxylic acids is 2. The van der Waals surface area contributed by atoms with Gasteiger partial charge >= 0.3 is 0 Å². The van der Waals surface area contributed by atoms with E-state index in [1.165, 1.54) is 0 Å². The van der Waals surface area contributed by atoms with E-state index in [1.807, 2.05) is 36.4 Å². The van der Waals surface area contributed by atoms with Crippen LogP contribution in [0.3, 0.4) is 0 Å². The summed E-state index contributed by atoms with van der Waals surface area (Å²) in [4.78, 5) is 27.2. The smallest absolute Gasteiger partial charge is 0.262 e. The van der Waals surface area contributed by atoms with E-state index in [1.54, 1.807) is 72.9 Å². The third-order valence-corrected chi connectivity index (χ3v) is 5.25. The average Bonchev–Trinajstić information content (AvgIpc) is 3.41. The summed E-state index contributed by atoms with van der Waals surface area (Å²) in [5.41, 5.74) is 2.16. The molecule has 3 aromatic carbocycles. The first-order chi connectivity index (χ1) is 17.1. The number of furan rings is 1. The Bertz CT molecular complexity index is 1240. The number of hydrogen-bond acceptors (Lipinski definition) is 5. The summed E-state index contributed by atoms with van der Waals surface area (Å²) in [7, 11) is 1.57. The fourth-order valence-electron chi connectivity index (χ4n) is 3.52. The summed E-state index contributed by atoms with van der Waals surface area (Å²) in [6.45, 7) is 0.635. The highest BCUT2D eigenvalue weighted by atomic mass is 16.5. The number of methoxy groups -OCH3 is 1. The highest BCUT2D eigenvalue weighted by Crippen LogP contribution is 2.19. The largest absolute Gasteiger partial charge is 0.497 e. The molecule has 1 N–H and O–H groups in total. The number of anilines is 1. The lowest BCUT2D eigenvalue weighted by Gasteiger charge is -2.22. The van der Waals surface area contributed by atoms with E-state index in [-0.39, 0.29) is 18.4 Å². The maximum Gasteiger partial charge on any atom is 0.262 e. The van der Waals surface area contributed by atoms with Crippen LogP contribution in [0.4, 0.5) is 5.69 Å². The standard InChI is InChI=1S/C28H26N2O5/c1-33-25-10-5-9-23(17-25)29-27(31)20-35-24-14-12-22(13-15-24)28(32)30(19-26-11-6-16-34-26)18-21-7-3-2-4-8-21/h2-17H,18-20H2,1H3,(H,29,31). The zero-order valence-corrected chi connectivity index (χ0v) is 19.3. The van der Waals surface area contributed by atoms with Gasteiger partial charge in [0.25, 0.3) is 11.8 Å². The molecule has 2 amide bonds. The number of rotatable bonds is 10. The van der Waals surface area contributed by atoms with Gasteiger partial charge in [0.2, 0.25) is 0 Å². The first kappa shape index (κ1) is 23.6. The van der Waals surface area contributed by atoms with Gasteiger partial charge in [-0.1, -0.05) is 36.4 Å². The van der Waals surface area contributed by atoms with Crippen molar-refractivity contribution in [2.75, 3.05) is 19.0 Å². The summed E-state index contributed by atoms with van der Waals surface area (Å²) in [6, 6.07) is 27.3. The molecule has 35 heavy (non-hydrogen) atoms. The molecular formula is C28H26N2O5. The lowest BCUT2D eigenvalue weighted by molar-refractivity contribution is -0.118. The highest BCUT2D eigenvalue weighted by molar-refractivity contribution is 5.94. The monoisotopic (exact) mass is 470 g/mol. The first-order valence-corrected chi connectivity index (χ1v) is 11.1. The quantitative estimate of drug-likeness (QED) is 0.347. The summed E-state index contributed by atoms with van der Waals surface area (Å²) >= 11 is 0. The number of amides is 2. The molecule has 0 spiro atoms. The number of hydrogen-bond donors (Lipinski definition) is 1. The van der Waals surface area contributed by atoms with Gasteiger partial charge in [-0.2, -0.15) is 0 Å². The van der Waals surface area contributed by atoms with E-state index in [2.05, 4.69) is 5.32 Å². The highest BCUT2D eigenvalue weighted by Gasteiger charge is 2.18. The normalized spacial score (nSPS) is 10.4. The zero-order valence-electron chi connectivity index (χ0n) is 19.3. The second-order valence-corrected chi connectivity index (χ2v) is 7.82. The second-order valence-electron chi connectivity index (χ2n) is 7.82. The third kappa shape index (κ3) is 6.74. The van der Waals surface area contributed by atoms with E-state index in [0.717, 1.165) is 5.56 Å². The number of carbonyl (C=O) groups is 2. The number of ether oxygens (including phenoxy) is 2. The van der Waals surface area contributed by atoms with Gasteiger partial charge < -0.3 is 24.1 Å². The molecule has 0 saturated heterocycles. The van der Waals surface area contributed by atoms with Crippen molar-refractivity contribution in [2.45, 2.75) is 13.1 Å². The maximum absolute atomic E-state index is 13.3. The zero-order chi connectivity index (χ0) is 24.5. The predicted octanol–water partition coefficient (Wildman–Crippen LogP) is 5.15. The summed E-state index contributed by atoms with van der Waals surface area (Å²) in [5.74, 6) is 1.41. The van der Waals surface area contributed by atoms with Crippen molar-refractivity contribution in [2.24, 2.45) is 0 Å². The number of nitrogens with one attached hydrogen (secondary N) is 1. The summed E-state index contributed by atoms with van der Waals surface area (Å²) < 4.78 is 16.2. The predicted molar refractivity (Wildman–Crippen MR) is 132 cm³/mol. The van der Waals surface area contributed by atoms with Gasteiger partial charge in [0.1, 0.15) is 17.3 Å². The Morgan fingerprint density at radius 3 is 2.37 bits per heavy atom. The van der Waals surface area contributed by atoms with E-state index in [0.29, 0.717) is 41.6 Å². The molecule has 0 saturated carbocycles. The van der Waals surface area contributed by atoms with Crippen molar-refractivity contribution in [3.63, 3.8) is 0 Å². The fraction of sp³-hybridized carbons (Fsp3) is 0.143. The average molecular weight is 471 g/mol. The van der Waals surface area contributed by atoms with Crippen LogP contribution in [0.15, 0.2) is 102 Å². The molecule has 1 aromatic heterocycles. The van der Waals surface area contributed by atoms with Gasteiger partial charge in [-0.15, -0.1) is 0 Å². The Hall–Kier alpha value is -4.52. The third-order valence-electron chi connectivity index (χ3n) is 5.25. The number of benzene rings is 3. The maximum atomic E-state index is 13.3. The lowest BCUT2D eigenvalue weighted by Crippen LogP contribution is -2.30. The van der Waals surface area contributed by atoms with Gasteiger partial charge in [-0.25, -0.2) is 0 Å². The van der Waals surface area contributed by atoms with E-state index in [9.17, 15) is 9.59 Å². The molecule has 0 aliphatic rings. The Morgan fingerprint density at radius 2 is 1.66 bits per heavy atom. The molecule has 7 heteroatoms. The molecule has 0 aliphatic heterocycles. The van der Waals surface area contributed by atoms with Crippen LogP contribution >= 0.6 is 0 Å². The number of nitrogens with zero attached hydrogens (tertiary/aromatic N) is 1. The molecule has 0 unspecified atom stereocenters. The Morgan fingerprint density at radius 1 is 0.857 bits per heavy atom. The molecule has 7 nitrogen and oxygen atoms in total. The minimum Gasteiger partial charge on any atom is -0.497 e.